The number of anilines is 1. The Morgan fingerprint density at radius 1 is 1.09 bits per heavy atom. The van der Waals surface area contributed by atoms with E-state index in [9.17, 15) is 27.2 Å². The monoisotopic (exact) mass is 462 g/mol. The van der Waals surface area contributed by atoms with Gasteiger partial charge in [0, 0.05) is 37.0 Å². The van der Waals surface area contributed by atoms with Crippen LogP contribution in [0.5, 0.6) is 5.88 Å². The lowest BCUT2D eigenvalue weighted by Crippen LogP contribution is -2.23. The summed E-state index contributed by atoms with van der Waals surface area (Å²) in [6, 6.07) is 9.54. The van der Waals surface area contributed by atoms with Gasteiger partial charge in [-0.05, 0) is 41.5 Å². The van der Waals surface area contributed by atoms with Gasteiger partial charge >= 0.3 is 6.18 Å². The Kier molecular flexibility index (Phi) is 7.21. The molecule has 33 heavy (non-hydrogen) atoms. The maximum atomic E-state index is 13.7. The second-order valence-electron chi connectivity index (χ2n) is 6.90. The number of pyridine rings is 2. The molecule has 0 fully saturated rings. The second kappa shape index (κ2) is 10.1. The Hall–Kier alpha value is -4.02. The van der Waals surface area contributed by atoms with E-state index in [-0.39, 0.29) is 40.8 Å². The summed E-state index contributed by atoms with van der Waals surface area (Å²) in [6.45, 7) is -0.276. The first-order chi connectivity index (χ1) is 15.6. The van der Waals surface area contributed by atoms with Gasteiger partial charge in [-0.15, -0.1) is 0 Å². The van der Waals surface area contributed by atoms with E-state index in [4.69, 9.17) is 4.74 Å². The predicted octanol–water partition coefficient (Wildman–Crippen LogP) is 4.11. The van der Waals surface area contributed by atoms with Crippen molar-refractivity contribution >= 4 is 17.6 Å². The van der Waals surface area contributed by atoms with Gasteiger partial charge in [-0.3, -0.25) is 9.59 Å². The fourth-order valence-corrected chi connectivity index (χ4v) is 2.83. The number of benzene rings is 1. The molecule has 0 saturated carbocycles. The summed E-state index contributed by atoms with van der Waals surface area (Å²) in [4.78, 5) is 31.5. The van der Waals surface area contributed by atoms with Crippen molar-refractivity contribution in [1.82, 2.24) is 15.3 Å². The minimum atomic E-state index is -4.58. The normalized spacial score (nSPS) is 11.1. The van der Waals surface area contributed by atoms with Crippen molar-refractivity contribution in [1.29, 1.82) is 0 Å². The van der Waals surface area contributed by atoms with Crippen molar-refractivity contribution in [2.24, 2.45) is 0 Å². The zero-order chi connectivity index (χ0) is 24.0. The molecule has 0 aliphatic carbocycles. The van der Waals surface area contributed by atoms with Gasteiger partial charge in [0.25, 0.3) is 5.91 Å². The van der Waals surface area contributed by atoms with Crippen LogP contribution in [-0.4, -0.2) is 34.6 Å². The third-order valence-corrected chi connectivity index (χ3v) is 4.20. The smallest absolute Gasteiger partial charge is 0.422 e. The molecular weight excluding hydrogens is 444 g/mol. The summed E-state index contributed by atoms with van der Waals surface area (Å²) in [7, 11) is 0. The number of carbonyl (C=O) groups excluding carboxylic acids is 2. The maximum absolute atomic E-state index is 13.7. The first-order valence-corrected chi connectivity index (χ1v) is 9.57. The largest absolute Gasteiger partial charge is 0.468 e. The van der Waals surface area contributed by atoms with Crippen LogP contribution in [0.1, 0.15) is 22.8 Å². The number of nitrogens with zero attached hydrogens (tertiary/aromatic N) is 2. The lowest BCUT2D eigenvalue weighted by Gasteiger charge is -2.14. The highest BCUT2D eigenvalue weighted by atomic mass is 19.4. The zero-order valence-corrected chi connectivity index (χ0v) is 17.2. The number of alkyl halides is 3. The standard InChI is InChI=1S/C22H18F4N4O3/c1-13(31)30-19-9-16(5-6-27-19)20(32)28-10-14-7-18(15-3-2-4-17(23)8-15)21(29-11-14)33-12-22(24,25)26/h2-9,11H,10,12H2,1H3,(H,28,32)(H,27,30,31). The number of aromatic nitrogens is 2. The molecule has 0 bridgehead atoms. The number of carbonyl (C=O) groups is 2. The van der Waals surface area contributed by atoms with Crippen molar-refractivity contribution in [3.63, 3.8) is 0 Å². The third-order valence-electron chi connectivity index (χ3n) is 4.20. The highest BCUT2D eigenvalue weighted by molar-refractivity contribution is 5.96. The summed E-state index contributed by atoms with van der Waals surface area (Å²) in [6.07, 6.45) is -1.96. The number of hydrogen-bond donors (Lipinski definition) is 2. The zero-order valence-electron chi connectivity index (χ0n) is 17.2. The molecule has 2 heterocycles. The highest BCUT2D eigenvalue weighted by Gasteiger charge is 2.29. The summed E-state index contributed by atoms with van der Waals surface area (Å²) in [5, 5.41) is 5.12. The molecule has 11 heteroatoms. The van der Waals surface area contributed by atoms with Gasteiger partial charge in [0.2, 0.25) is 11.8 Å². The average Bonchev–Trinajstić information content (AvgIpc) is 2.75. The number of hydrogen-bond acceptors (Lipinski definition) is 5. The first-order valence-electron chi connectivity index (χ1n) is 9.57. The second-order valence-corrected chi connectivity index (χ2v) is 6.90. The van der Waals surface area contributed by atoms with Crippen LogP contribution in [0, 0.1) is 5.82 Å². The SMILES string of the molecule is CC(=O)Nc1cc(C(=O)NCc2cnc(OCC(F)(F)F)c(-c3cccc(F)c3)c2)ccn1. The van der Waals surface area contributed by atoms with Crippen molar-refractivity contribution in [3.8, 4) is 17.0 Å². The van der Waals surface area contributed by atoms with Gasteiger partial charge in [-0.2, -0.15) is 13.2 Å². The summed E-state index contributed by atoms with van der Waals surface area (Å²) in [5.41, 5.74) is 1.08. The van der Waals surface area contributed by atoms with Gasteiger partial charge < -0.3 is 15.4 Å². The summed E-state index contributed by atoms with van der Waals surface area (Å²) < 4.78 is 56.3. The van der Waals surface area contributed by atoms with Crippen LogP contribution in [0.4, 0.5) is 23.4 Å². The summed E-state index contributed by atoms with van der Waals surface area (Å²) >= 11 is 0. The molecule has 172 valence electrons. The lowest BCUT2D eigenvalue weighted by atomic mass is 10.0. The van der Waals surface area contributed by atoms with Crippen molar-refractivity contribution in [2.75, 3.05) is 11.9 Å². The van der Waals surface area contributed by atoms with E-state index in [1.54, 1.807) is 0 Å². The van der Waals surface area contributed by atoms with Crippen LogP contribution in [-0.2, 0) is 11.3 Å². The van der Waals surface area contributed by atoms with Crippen molar-refractivity contribution in [3.05, 3.63) is 71.8 Å². The molecule has 0 spiro atoms. The Morgan fingerprint density at radius 2 is 1.88 bits per heavy atom. The van der Waals surface area contributed by atoms with E-state index in [2.05, 4.69) is 20.6 Å². The van der Waals surface area contributed by atoms with Gasteiger partial charge in [0.05, 0.1) is 0 Å². The fraction of sp³-hybridized carbons (Fsp3) is 0.182. The van der Waals surface area contributed by atoms with Gasteiger partial charge in [0.1, 0.15) is 11.6 Å². The highest BCUT2D eigenvalue weighted by Crippen LogP contribution is 2.30. The quantitative estimate of drug-likeness (QED) is 0.516. The summed E-state index contributed by atoms with van der Waals surface area (Å²) in [5.74, 6) is -1.52. The van der Waals surface area contributed by atoms with Gasteiger partial charge in [-0.25, -0.2) is 14.4 Å². The molecule has 0 saturated heterocycles. The fourth-order valence-electron chi connectivity index (χ4n) is 2.83. The topological polar surface area (TPSA) is 93.2 Å². The molecule has 0 radical (unpaired) electrons. The molecule has 3 aromatic rings. The van der Waals surface area contributed by atoms with E-state index < -0.39 is 24.5 Å². The number of amides is 2. The minimum Gasteiger partial charge on any atom is -0.468 e. The van der Waals surface area contributed by atoms with Gasteiger partial charge in [0.15, 0.2) is 6.61 Å². The van der Waals surface area contributed by atoms with Crippen molar-refractivity contribution in [2.45, 2.75) is 19.6 Å². The minimum absolute atomic E-state index is 0.0223. The molecule has 0 aliphatic heterocycles. The Bertz CT molecular complexity index is 1170. The molecule has 0 aliphatic rings. The molecule has 3 rings (SSSR count). The number of halogens is 4. The number of nitrogens with one attached hydrogen (secondary N) is 2. The van der Waals surface area contributed by atoms with Crippen molar-refractivity contribution < 1.29 is 31.9 Å². The number of rotatable bonds is 7. The molecule has 2 amide bonds. The van der Waals surface area contributed by atoms with E-state index in [0.717, 1.165) is 6.07 Å². The van der Waals surface area contributed by atoms with Gasteiger partial charge in [-0.1, -0.05) is 12.1 Å². The molecular formula is C22H18F4N4O3. The Morgan fingerprint density at radius 3 is 2.58 bits per heavy atom. The average molecular weight is 462 g/mol. The maximum Gasteiger partial charge on any atom is 0.422 e. The van der Waals surface area contributed by atoms with E-state index >= 15 is 0 Å². The molecule has 2 aromatic heterocycles. The molecule has 0 atom stereocenters. The molecule has 2 N–H and O–H groups in total. The molecule has 0 unspecified atom stereocenters. The van der Waals surface area contributed by atoms with Crippen LogP contribution in [0.25, 0.3) is 11.1 Å². The molecule has 1 aromatic carbocycles. The number of ether oxygens (including phenoxy) is 1. The van der Waals surface area contributed by atoms with E-state index in [1.165, 1.54) is 55.7 Å². The van der Waals surface area contributed by atoms with Crippen LogP contribution in [0.2, 0.25) is 0 Å². The van der Waals surface area contributed by atoms with Crippen LogP contribution in [0.15, 0.2) is 54.9 Å². The van der Waals surface area contributed by atoms with Crippen LogP contribution in [0.3, 0.4) is 0 Å². The molecule has 7 nitrogen and oxygen atoms in total. The Labute approximate surface area is 185 Å². The van der Waals surface area contributed by atoms with Crippen LogP contribution >= 0.6 is 0 Å². The predicted molar refractivity (Wildman–Crippen MR) is 111 cm³/mol. The lowest BCUT2D eigenvalue weighted by molar-refractivity contribution is -0.154. The van der Waals surface area contributed by atoms with Crippen LogP contribution < -0.4 is 15.4 Å². The van der Waals surface area contributed by atoms with E-state index in [0.29, 0.717) is 5.56 Å². The third kappa shape index (κ3) is 6.99. The Balaban J connectivity index is 1.80. The van der Waals surface area contributed by atoms with E-state index in [1.807, 2.05) is 0 Å². The first kappa shape index (κ1) is 23.6.